The molecule has 1 amide bonds. The van der Waals surface area contributed by atoms with Gasteiger partial charge in [0.1, 0.15) is 18.5 Å². The molecule has 1 aliphatic heterocycles. The molecule has 0 bridgehead atoms. The van der Waals surface area contributed by atoms with Gasteiger partial charge in [0, 0.05) is 30.0 Å². The number of carbonyl (C=O) groups excluding carboxylic acids is 1. The Hall–Kier alpha value is -1.11. The molecule has 0 aliphatic carbocycles. The zero-order chi connectivity index (χ0) is 14.4. The van der Waals surface area contributed by atoms with Crippen molar-refractivity contribution in [2.75, 3.05) is 19.7 Å². The summed E-state index contributed by atoms with van der Waals surface area (Å²) in [4.78, 5) is 11.0. The maximum atomic E-state index is 11.0. The second-order valence-corrected chi connectivity index (χ2v) is 5.80. The standard InChI is InChI=1S/C14H19BrN2O3/c15-10-1-4-13(5-2-10)20-9-12(18)8-16-7-11-3-6-14(19)17-11/h1-2,4-5,11-12,16,18H,3,6-9H2,(H,17,19). The monoisotopic (exact) mass is 342 g/mol. The highest BCUT2D eigenvalue weighted by molar-refractivity contribution is 9.10. The number of benzene rings is 1. The molecule has 6 heteroatoms. The Morgan fingerprint density at radius 1 is 1.45 bits per heavy atom. The Bertz CT molecular complexity index is 439. The lowest BCUT2D eigenvalue weighted by atomic mass is 10.2. The summed E-state index contributed by atoms with van der Waals surface area (Å²) in [7, 11) is 0. The second kappa shape index (κ2) is 7.61. The van der Waals surface area contributed by atoms with E-state index < -0.39 is 6.10 Å². The molecule has 0 spiro atoms. The Labute approximate surface area is 126 Å². The van der Waals surface area contributed by atoms with Crippen LogP contribution in [0.3, 0.4) is 0 Å². The Kier molecular flexibility index (Phi) is 5.82. The van der Waals surface area contributed by atoms with Crippen molar-refractivity contribution in [3.63, 3.8) is 0 Å². The minimum Gasteiger partial charge on any atom is -0.491 e. The van der Waals surface area contributed by atoms with Crippen LogP contribution < -0.4 is 15.4 Å². The molecule has 2 rings (SSSR count). The maximum absolute atomic E-state index is 11.0. The van der Waals surface area contributed by atoms with E-state index in [-0.39, 0.29) is 18.6 Å². The van der Waals surface area contributed by atoms with Crippen LogP contribution in [0.5, 0.6) is 5.75 Å². The highest BCUT2D eigenvalue weighted by Crippen LogP contribution is 2.16. The van der Waals surface area contributed by atoms with Crippen molar-refractivity contribution in [1.82, 2.24) is 10.6 Å². The molecule has 110 valence electrons. The van der Waals surface area contributed by atoms with Gasteiger partial charge in [-0.25, -0.2) is 0 Å². The highest BCUT2D eigenvalue weighted by atomic mass is 79.9. The first-order valence-electron chi connectivity index (χ1n) is 6.70. The molecular formula is C14H19BrN2O3. The summed E-state index contributed by atoms with van der Waals surface area (Å²) in [6.07, 6.45) is 0.884. The zero-order valence-electron chi connectivity index (χ0n) is 11.1. The van der Waals surface area contributed by atoms with Gasteiger partial charge in [0.2, 0.25) is 5.91 Å². The summed E-state index contributed by atoms with van der Waals surface area (Å²) in [5.74, 6) is 0.839. The van der Waals surface area contributed by atoms with E-state index in [1.165, 1.54) is 0 Å². The topological polar surface area (TPSA) is 70.6 Å². The van der Waals surface area contributed by atoms with E-state index in [1.54, 1.807) is 0 Å². The third-order valence-corrected chi connectivity index (χ3v) is 3.64. The van der Waals surface area contributed by atoms with Crippen molar-refractivity contribution in [2.45, 2.75) is 25.0 Å². The second-order valence-electron chi connectivity index (χ2n) is 4.88. The van der Waals surface area contributed by atoms with Crippen molar-refractivity contribution in [3.8, 4) is 5.75 Å². The molecule has 0 aromatic heterocycles. The van der Waals surface area contributed by atoms with Crippen LogP contribution in [0, 0.1) is 0 Å². The minimum atomic E-state index is -0.573. The fraction of sp³-hybridized carbons (Fsp3) is 0.500. The van der Waals surface area contributed by atoms with Crippen molar-refractivity contribution in [1.29, 1.82) is 0 Å². The summed E-state index contributed by atoms with van der Waals surface area (Å²) < 4.78 is 6.47. The fourth-order valence-electron chi connectivity index (χ4n) is 2.04. The molecular weight excluding hydrogens is 324 g/mol. The quantitative estimate of drug-likeness (QED) is 0.692. The summed E-state index contributed by atoms with van der Waals surface area (Å²) >= 11 is 3.35. The molecule has 1 aromatic carbocycles. The van der Waals surface area contributed by atoms with Crippen molar-refractivity contribution >= 4 is 21.8 Å². The molecule has 20 heavy (non-hydrogen) atoms. The average molecular weight is 343 g/mol. The normalized spacial score (nSPS) is 19.7. The lowest BCUT2D eigenvalue weighted by molar-refractivity contribution is -0.119. The zero-order valence-corrected chi connectivity index (χ0v) is 12.7. The number of halogens is 1. The summed E-state index contributed by atoms with van der Waals surface area (Å²) in [6.45, 7) is 1.37. The van der Waals surface area contributed by atoms with E-state index in [4.69, 9.17) is 4.74 Å². The van der Waals surface area contributed by atoms with Gasteiger partial charge in [-0.1, -0.05) is 15.9 Å². The SMILES string of the molecule is O=C1CCC(CNCC(O)COc2ccc(Br)cc2)N1. The van der Waals surface area contributed by atoms with Crippen molar-refractivity contribution in [2.24, 2.45) is 0 Å². The molecule has 1 fully saturated rings. The lowest BCUT2D eigenvalue weighted by Crippen LogP contribution is -2.40. The number of hydrogen-bond donors (Lipinski definition) is 3. The first-order valence-corrected chi connectivity index (χ1v) is 7.49. The van der Waals surface area contributed by atoms with Crippen LogP contribution >= 0.6 is 15.9 Å². The highest BCUT2D eigenvalue weighted by Gasteiger charge is 2.20. The molecule has 1 aromatic rings. The van der Waals surface area contributed by atoms with Gasteiger partial charge in [-0.2, -0.15) is 0 Å². The van der Waals surface area contributed by atoms with Crippen LogP contribution in [-0.4, -0.2) is 42.9 Å². The van der Waals surface area contributed by atoms with Gasteiger partial charge in [-0.05, 0) is 30.7 Å². The van der Waals surface area contributed by atoms with E-state index in [9.17, 15) is 9.90 Å². The molecule has 0 saturated carbocycles. The van der Waals surface area contributed by atoms with Gasteiger partial charge in [-0.15, -0.1) is 0 Å². The maximum Gasteiger partial charge on any atom is 0.220 e. The number of nitrogens with one attached hydrogen (secondary N) is 2. The third-order valence-electron chi connectivity index (χ3n) is 3.11. The predicted octanol–water partition coefficient (Wildman–Crippen LogP) is 1.06. The summed E-state index contributed by atoms with van der Waals surface area (Å²) in [5, 5.41) is 15.8. The fourth-order valence-corrected chi connectivity index (χ4v) is 2.30. The molecule has 0 radical (unpaired) electrons. The predicted molar refractivity (Wildman–Crippen MR) is 79.7 cm³/mol. The van der Waals surface area contributed by atoms with Crippen LogP contribution in [0.15, 0.2) is 28.7 Å². The van der Waals surface area contributed by atoms with Gasteiger partial charge in [0.15, 0.2) is 0 Å². The number of hydrogen-bond acceptors (Lipinski definition) is 4. The van der Waals surface area contributed by atoms with Crippen LogP contribution in [0.1, 0.15) is 12.8 Å². The average Bonchev–Trinajstić information content (AvgIpc) is 2.84. The van der Waals surface area contributed by atoms with E-state index >= 15 is 0 Å². The third kappa shape index (κ3) is 5.11. The van der Waals surface area contributed by atoms with Gasteiger partial charge < -0.3 is 20.5 Å². The molecule has 1 aliphatic rings. The number of amides is 1. The molecule has 5 nitrogen and oxygen atoms in total. The van der Waals surface area contributed by atoms with Crippen molar-refractivity contribution < 1.29 is 14.6 Å². The number of ether oxygens (including phenoxy) is 1. The Morgan fingerprint density at radius 2 is 2.20 bits per heavy atom. The van der Waals surface area contributed by atoms with E-state index in [2.05, 4.69) is 26.6 Å². The van der Waals surface area contributed by atoms with E-state index in [1.807, 2.05) is 24.3 Å². The number of aliphatic hydroxyl groups excluding tert-OH is 1. The molecule has 1 heterocycles. The summed E-state index contributed by atoms with van der Waals surface area (Å²) in [6, 6.07) is 7.66. The smallest absolute Gasteiger partial charge is 0.220 e. The van der Waals surface area contributed by atoms with E-state index in [0.717, 1.165) is 16.6 Å². The van der Waals surface area contributed by atoms with Gasteiger partial charge >= 0.3 is 0 Å². The molecule has 2 unspecified atom stereocenters. The number of rotatable bonds is 7. The number of carbonyl (C=O) groups is 1. The van der Waals surface area contributed by atoms with E-state index in [0.29, 0.717) is 19.5 Å². The lowest BCUT2D eigenvalue weighted by Gasteiger charge is -2.15. The number of aliphatic hydroxyl groups is 1. The van der Waals surface area contributed by atoms with Crippen molar-refractivity contribution in [3.05, 3.63) is 28.7 Å². The molecule has 2 atom stereocenters. The molecule has 3 N–H and O–H groups in total. The Morgan fingerprint density at radius 3 is 2.85 bits per heavy atom. The Balaban J connectivity index is 1.59. The minimum absolute atomic E-state index is 0.107. The van der Waals surface area contributed by atoms with Crippen LogP contribution in [0.2, 0.25) is 0 Å². The van der Waals surface area contributed by atoms with Gasteiger partial charge in [0.05, 0.1) is 0 Å². The molecule has 1 saturated heterocycles. The van der Waals surface area contributed by atoms with Crippen LogP contribution in [-0.2, 0) is 4.79 Å². The first kappa shape index (κ1) is 15.3. The van der Waals surface area contributed by atoms with Crippen LogP contribution in [0.25, 0.3) is 0 Å². The summed E-state index contributed by atoms with van der Waals surface area (Å²) in [5.41, 5.74) is 0. The van der Waals surface area contributed by atoms with Gasteiger partial charge in [-0.3, -0.25) is 4.79 Å². The van der Waals surface area contributed by atoms with Gasteiger partial charge in [0.25, 0.3) is 0 Å². The van der Waals surface area contributed by atoms with Crippen LogP contribution in [0.4, 0.5) is 0 Å². The largest absolute Gasteiger partial charge is 0.491 e. The first-order chi connectivity index (χ1) is 9.63.